The van der Waals surface area contributed by atoms with Gasteiger partial charge in [-0.2, -0.15) is 0 Å². The first-order valence-corrected chi connectivity index (χ1v) is 7.89. The van der Waals surface area contributed by atoms with Gasteiger partial charge < -0.3 is 5.32 Å². The molecule has 0 spiro atoms. The second kappa shape index (κ2) is 7.41. The predicted molar refractivity (Wildman–Crippen MR) is 77.4 cm³/mol. The van der Waals surface area contributed by atoms with Gasteiger partial charge in [-0.15, -0.1) is 0 Å². The Kier molecular flexibility index (Phi) is 6.54. The van der Waals surface area contributed by atoms with Crippen LogP contribution >= 0.6 is 0 Å². The summed E-state index contributed by atoms with van der Waals surface area (Å²) in [5.74, 6) is 0.836. The van der Waals surface area contributed by atoms with E-state index in [0.717, 1.165) is 12.0 Å². The topological polar surface area (TPSA) is 12.0 Å². The first kappa shape index (κ1) is 15.0. The lowest BCUT2D eigenvalue weighted by Gasteiger charge is -2.26. The fraction of sp³-hybridized carbons (Fsp3) is 1.00. The normalized spacial score (nSPS) is 19.6. The van der Waals surface area contributed by atoms with E-state index in [9.17, 15) is 0 Å². The Hall–Kier alpha value is -0.0400. The fourth-order valence-corrected chi connectivity index (χ4v) is 2.97. The van der Waals surface area contributed by atoms with Crippen LogP contribution in [0.2, 0.25) is 0 Å². The van der Waals surface area contributed by atoms with Crippen molar-refractivity contribution in [1.82, 2.24) is 5.32 Å². The molecule has 1 fully saturated rings. The molecule has 1 nitrogen and oxygen atoms in total. The van der Waals surface area contributed by atoms with E-state index in [1.54, 1.807) is 0 Å². The van der Waals surface area contributed by atoms with E-state index in [4.69, 9.17) is 0 Å². The van der Waals surface area contributed by atoms with Gasteiger partial charge in [-0.05, 0) is 38.0 Å². The van der Waals surface area contributed by atoms with Crippen LogP contribution in [0.1, 0.15) is 85.5 Å². The van der Waals surface area contributed by atoms with E-state index in [1.165, 1.54) is 57.8 Å². The maximum atomic E-state index is 3.96. The van der Waals surface area contributed by atoms with Crippen LogP contribution in [0.5, 0.6) is 0 Å². The first-order valence-electron chi connectivity index (χ1n) is 7.89. The number of rotatable bonds is 10. The molecule has 0 aromatic rings. The van der Waals surface area contributed by atoms with Gasteiger partial charge >= 0.3 is 0 Å². The molecule has 1 rings (SSSR count). The number of unbranched alkanes of at least 4 members (excludes halogenated alkanes) is 3. The van der Waals surface area contributed by atoms with Crippen molar-refractivity contribution in [2.24, 2.45) is 5.92 Å². The molecule has 0 aromatic heterocycles. The van der Waals surface area contributed by atoms with Crippen LogP contribution in [0, 0.1) is 5.92 Å². The van der Waals surface area contributed by atoms with Crippen molar-refractivity contribution in [2.45, 2.75) is 97.1 Å². The van der Waals surface area contributed by atoms with Gasteiger partial charge in [-0.25, -0.2) is 0 Å². The Morgan fingerprint density at radius 3 is 2.24 bits per heavy atom. The molecule has 0 aromatic carbocycles. The first-order chi connectivity index (χ1) is 8.12. The van der Waals surface area contributed by atoms with E-state index in [0.29, 0.717) is 5.54 Å². The molecule has 0 saturated heterocycles. The van der Waals surface area contributed by atoms with Crippen LogP contribution in [-0.4, -0.2) is 11.6 Å². The lowest BCUT2D eigenvalue weighted by Crippen LogP contribution is -2.40. The average Bonchev–Trinajstić information content (AvgIpc) is 3.01. The third-order valence-corrected chi connectivity index (χ3v) is 4.06. The molecule has 0 bridgehead atoms. The highest BCUT2D eigenvalue weighted by Crippen LogP contribution is 2.41. The molecule has 0 aliphatic heterocycles. The molecular weight excluding hydrogens is 206 g/mol. The largest absolute Gasteiger partial charge is 0.308 e. The highest BCUT2D eigenvalue weighted by molar-refractivity contribution is 5.03. The van der Waals surface area contributed by atoms with Crippen LogP contribution in [0.25, 0.3) is 0 Å². The van der Waals surface area contributed by atoms with E-state index in [-0.39, 0.29) is 0 Å². The monoisotopic (exact) mass is 239 g/mol. The summed E-state index contributed by atoms with van der Waals surface area (Å²) < 4.78 is 0. The highest BCUT2D eigenvalue weighted by Gasteiger charge is 2.43. The van der Waals surface area contributed by atoms with Crippen LogP contribution in [0.3, 0.4) is 0 Å². The molecule has 1 saturated carbocycles. The molecule has 1 N–H and O–H groups in total. The van der Waals surface area contributed by atoms with Crippen molar-refractivity contribution in [3.8, 4) is 0 Å². The fourth-order valence-electron chi connectivity index (χ4n) is 2.97. The molecule has 1 heteroatoms. The van der Waals surface area contributed by atoms with E-state index in [1.807, 2.05) is 0 Å². The summed E-state index contributed by atoms with van der Waals surface area (Å²) in [5.41, 5.74) is 0.541. The zero-order valence-electron chi connectivity index (χ0n) is 12.5. The van der Waals surface area contributed by atoms with Crippen molar-refractivity contribution in [3.05, 3.63) is 0 Å². The summed E-state index contributed by atoms with van der Waals surface area (Å²) in [6.45, 7) is 9.33. The van der Waals surface area contributed by atoms with Gasteiger partial charge in [-0.3, -0.25) is 0 Å². The molecule has 0 amide bonds. The van der Waals surface area contributed by atoms with Crippen molar-refractivity contribution in [1.29, 1.82) is 0 Å². The van der Waals surface area contributed by atoms with Crippen molar-refractivity contribution < 1.29 is 0 Å². The zero-order chi connectivity index (χ0) is 12.7. The summed E-state index contributed by atoms with van der Waals surface area (Å²) >= 11 is 0. The molecule has 1 atom stereocenters. The smallest absolute Gasteiger partial charge is 0.0187 e. The second-order valence-electron chi connectivity index (χ2n) is 6.48. The third-order valence-electron chi connectivity index (χ3n) is 4.06. The summed E-state index contributed by atoms with van der Waals surface area (Å²) in [7, 11) is 0. The lowest BCUT2D eigenvalue weighted by atomic mass is 9.98. The number of hydrogen-bond acceptors (Lipinski definition) is 1. The quantitative estimate of drug-likeness (QED) is 0.534. The SMILES string of the molecule is CCCCCCC(CC)NC1(CC(C)C)CC1. The third kappa shape index (κ3) is 5.90. The maximum Gasteiger partial charge on any atom is 0.0187 e. The average molecular weight is 239 g/mol. The molecule has 0 radical (unpaired) electrons. The van der Waals surface area contributed by atoms with E-state index < -0.39 is 0 Å². The van der Waals surface area contributed by atoms with Crippen molar-refractivity contribution in [3.63, 3.8) is 0 Å². The van der Waals surface area contributed by atoms with Gasteiger partial charge in [0.2, 0.25) is 0 Å². The summed E-state index contributed by atoms with van der Waals surface area (Å²) in [5, 5.41) is 3.96. The molecule has 1 aliphatic carbocycles. The molecule has 0 heterocycles. The summed E-state index contributed by atoms with van der Waals surface area (Å²) in [6, 6.07) is 0.771. The highest BCUT2D eigenvalue weighted by atomic mass is 15.0. The Labute approximate surface area is 109 Å². The number of hydrogen-bond donors (Lipinski definition) is 1. The number of nitrogens with one attached hydrogen (secondary N) is 1. The van der Waals surface area contributed by atoms with E-state index >= 15 is 0 Å². The predicted octanol–water partition coefficient (Wildman–Crippen LogP) is 4.90. The maximum absolute atomic E-state index is 3.96. The van der Waals surface area contributed by atoms with Gasteiger partial charge in [0, 0.05) is 11.6 Å². The van der Waals surface area contributed by atoms with Crippen LogP contribution in [-0.2, 0) is 0 Å². The summed E-state index contributed by atoms with van der Waals surface area (Å²) in [4.78, 5) is 0. The van der Waals surface area contributed by atoms with Gasteiger partial charge in [0.25, 0.3) is 0 Å². The van der Waals surface area contributed by atoms with E-state index in [2.05, 4.69) is 33.0 Å². The van der Waals surface area contributed by atoms with Crippen molar-refractivity contribution in [2.75, 3.05) is 0 Å². The standard InChI is InChI=1S/C16H33N/c1-5-7-8-9-10-15(6-2)17-16(11-12-16)13-14(3)4/h14-15,17H,5-13H2,1-4H3. The molecule has 1 unspecified atom stereocenters. The van der Waals surface area contributed by atoms with Gasteiger partial charge in [0.1, 0.15) is 0 Å². The Bertz CT molecular complexity index is 194. The minimum atomic E-state index is 0.541. The molecule has 17 heavy (non-hydrogen) atoms. The van der Waals surface area contributed by atoms with Crippen LogP contribution in [0.15, 0.2) is 0 Å². The van der Waals surface area contributed by atoms with Gasteiger partial charge in [-0.1, -0.05) is 53.4 Å². The molecule has 102 valence electrons. The summed E-state index contributed by atoms with van der Waals surface area (Å²) in [6.07, 6.45) is 12.5. The minimum Gasteiger partial charge on any atom is -0.308 e. The lowest BCUT2D eigenvalue weighted by molar-refractivity contribution is 0.331. The van der Waals surface area contributed by atoms with Crippen molar-refractivity contribution >= 4 is 0 Å². The Morgan fingerprint density at radius 1 is 1.06 bits per heavy atom. The molecular formula is C16H33N. The molecule has 1 aliphatic rings. The van der Waals surface area contributed by atoms with Crippen LogP contribution in [0.4, 0.5) is 0 Å². The Balaban J connectivity index is 2.21. The Morgan fingerprint density at radius 2 is 1.76 bits per heavy atom. The van der Waals surface area contributed by atoms with Gasteiger partial charge in [0.05, 0.1) is 0 Å². The second-order valence-corrected chi connectivity index (χ2v) is 6.48. The van der Waals surface area contributed by atoms with Crippen LogP contribution < -0.4 is 5.32 Å². The zero-order valence-corrected chi connectivity index (χ0v) is 12.5. The minimum absolute atomic E-state index is 0.541. The van der Waals surface area contributed by atoms with Gasteiger partial charge in [0.15, 0.2) is 0 Å².